The van der Waals surface area contributed by atoms with Gasteiger partial charge in [-0.2, -0.15) is 0 Å². The van der Waals surface area contributed by atoms with E-state index in [1.54, 1.807) is 14.2 Å². The molecule has 0 spiro atoms. The lowest BCUT2D eigenvalue weighted by Crippen LogP contribution is -2.41. The Balaban J connectivity index is 0.00000338. The molecule has 1 aliphatic heterocycles. The van der Waals surface area contributed by atoms with Crippen LogP contribution in [0.4, 0.5) is 5.69 Å². The number of guanidine groups is 1. The van der Waals surface area contributed by atoms with Crippen LogP contribution in [0.1, 0.15) is 18.4 Å². The molecule has 1 fully saturated rings. The standard InChI is InChI=1S/C18H27BrN4O2.HI/c1-13-10-15(19)4-5-16(13)22-17(24)6-8-21-18(20-2)23-9-7-14(11-23)12-25-3;/h4-5,10,14H,6-9,11-12H2,1-3H3,(H,20,21)(H,22,24);1H. The van der Waals surface area contributed by atoms with Crippen LogP contribution in [-0.4, -0.2) is 57.2 Å². The van der Waals surface area contributed by atoms with Crippen LogP contribution in [0.5, 0.6) is 0 Å². The average Bonchev–Trinajstić information content (AvgIpc) is 3.03. The molecule has 2 N–H and O–H groups in total. The number of aliphatic imine (C=N–C) groups is 1. The predicted octanol–water partition coefficient (Wildman–Crippen LogP) is 3.25. The Morgan fingerprint density at radius 2 is 2.23 bits per heavy atom. The molecule has 8 heteroatoms. The summed E-state index contributed by atoms with van der Waals surface area (Å²) in [5, 5.41) is 6.23. The molecule has 146 valence electrons. The summed E-state index contributed by atoms with van der Waals surface area (Å²) < 4.78 is 6.24. The smallest absolute Gasteiger partial charge is 0.226 e. The van der Waals surface area contributed by atoms with Gasteiger partial charge in [-0.1, -0.05) is 15.9 Å². The first-order valence-electron chi connectivity index (χ1n) is 8.54. The number of likely N-dealkylation sites (tertiary alicyclic amines) is 1. The van der Waals surface area contributed by atoms with Crippen molar-refractivity contribution >= 4 is 57.5 Å². The zero-order valence-corrected chi connectivity index (χ0v) is 19.5. The van der Waals surface area contributed by atoms with Crippen LogP contribution in [0, 0.1) is 12.8 Å². The van der Waals surface area contributed by atoms with Gasteiger partial charge in [-0.3, -0.25) is 9.79 Å². The summed E-state index contributed by atoms with van der Waals surface area (Å²) in [6, 6.07) is 5.82. The number of carbonyl (C=O) groups is 1. The van der Waals surface area contributed by atoms with Crippen LogP contribution in [0.3, 0.4) is 0 Å². The van der Waals surface area contributed by atoms with E-state index in [0.29, 0.717) is 18.9 Å². The molecule has 1 heterocycles. The number of nitrogens with zero attached hydrogens (tertiary/aromatic N) is 2. The molecular weight excluding hydrogens is 511 g/mol. The summed E-state index contributed by atoms with van der Waals surface area (Å²) in [6.45, 7) is 5.22. The molecule has 1 aromatic rings. The van der Waals surface area contributed by atoms with E-state index < -0.39 is 0 Å². The fourth-order valence-electron chi connectivity index (χ4n) is 3.00. The maximum atomic E-state index is 12.1. The fourth-order valence-corrected chi connectivity index (χ4v) is 3.47. The highest BCUT2D eigenvalue weighted by molar-refractivity contribution is 14.0. The van der Waals surface area contributed by atoms with E-state index in [0.717, 1.165) is 47.8 Å². The summed E-state index contributed by atoms with van der Waals surface area (Å²) in [7, 11) is 3.51. The third-order valence-corrected chi connectivity index (χ3v) is 4.79. The van der Waals surface area contributed by atoms with Gasteiger partial charge in [0.05, 0.1) is 6.61 Å². The summed E-state index contributed by atoms with van der Waals surface area (Å²) in [5.41, 5.74) is 1.88. The Morgan fingerprint density at radius 1 is 1.46 bits per heavy atom. The van der Waals surface area contributed by atoms with Crippen molar-refractivity contribution in [2.24, 2.45) is 10.9 Å². The van der Waals surface area contributed by atoms with Crippen molar-refractivity contribution in [2.45, 2.75) is 19.8 Å². The topological polar surface area (TPSA) is 66.0 Å². The van der Waals surface area contributed by atoms with E-state index in [1.807, 2.05) is 25.1 Å². The average molecular weight is 539 g/mol. The number of halogens is 2. The van der Waals surface area contributed by atoms with Crippen molar-refractivity contribution in [1.82, 2.24) is 10.2 Å². The number of anilines is 1. The van der Waals surface area contributed by atoms with Crippen LogP contribution in [-0.2, 0) is 9.53 Å². The van der Waals surface area contributed by atoms with E-state index in [2.05, 4.69) is 36.5 Å². The quantitative estimate of drug-likeness (QED) is 0.331. The Labute approximate surface area is 181 Å². The van der Waals surface area contributed by atoms with Gasteiger partial charge in [0.1, 0.15) is 0 Å². The minimum Gasteiger partial charge on any atom is -0.384 e. The number of aryl methyl sites for hydroxylation is 1. The molecule has 1 aliphatic rings. The van der Waals surface area contributed by atoms with E-state index >= 15 is 0 Å². The van der Waals surface area contributed by atoms with E-state index in [1.165, 1.54) is 0 Å². The monoisotopic (exact) mass is 538 g/mol. The van der Waals surface area contributed by atoms with Crippen molar-refractivity contribution in [3.63, 3.8) is 0 Å². The number of carbonyl (C=O) groups excluding carboxylic acids is 1. The highest BCUT2D eigenvalue weighted by Crippen LogP contribution is 2.20. The maximum absolute atomic E-state index is 12.1. The van der Waals surface area contributed by atoms with Gasteiger partial charge < -0.3 is 20.3 Å². The molecule has 1 amide bonds. The van der Waals surface area contributed by atoms with Crippen molar-refractivity contribution in [3.8, 4) is 0 Å². The molecule has 1 atom stereocenters. The minimum atomic E-state index is -0.00735. The molecule has 0 bridgehead atoms. The van der Waals surface area contributed by atoms with Crippen molar-refractivity contribution < 1.29 is 9.53 Å². The van der Waals surface area contributed by atoms with Gasteiger partial charge in [0.15, 0.2) is 5.96 Å². The number of benzene rings is 1. The molecule has 1 aromatic carbocycles. The number of nitrogens with one attached hydrogen (secondary N) is 2. The minimum absolute atomic E-state index is 0. The van der Waals surface area contributed by atoms with Gasteiger partial charge >= 0.3 is 0 Å². The second-order valence-corrected chi connectivity index (χ2v) is 7.20. The van der Waals surface area contributed by atoms with Crippen LogP contribution in [0.25, 0.3) is 0 Å². The van der Waals surface area contributed by atoms with Gasteiger partial charge in [0.25, 0.3) is 0 Å². The van der Waals surface area contributed by atoms with Crippen LogP contribution >= 0.6 is 39.9 Å². The molecule has 1 saturated heterocycles. The van der Waals surface area contributed by atoms with E-state index in [-0.39, 0.29) is 29.9 Å². The van der Waals surface area contributed by atoms with Crippen molar-refractivity contribution in [3.05, 3.63) is 28.2 Å². The van der Waals surface area contributed by atoms with Crippen molar-refractivity contribution in [1.29, 1.82) is 0 Å². The van der Waals surface area contributed by atoms with Gasteiger partial charge in [0, 0.05) is 56.3 Å². The predicted molar refractivity (Wildman–Crippen MR) is 120 cm³/mol. The van der Waals surface area contributed by atoms with Gasteiger partial charge in [0.2, 0.25) is 5.91 Å². The summed E-state index contributed by atoms with van der Waals surface area (Å²) in [4.78, 5) is 18.7. The van der Waals surface area contributed by atoms with Gasteiger partial charge in [-0.15, -0.1) is 24.0 Å². The van der Waals surface area contributed by atoms with E-state index in [4.69, 9.17) is 4.74 Å². The molecule has 2 rings (SSSR count). The van der Waals surface area contributed by atoms with Crippen LogP contribution in [0.15, 0.2) is 27.7 Å². The van der Waals surface area contributed by atoms with Crippen LogP contribution in [0.2, 0.25) is 0 Å². The van der Waals surface area contributed by atoms with Crippen molar-refractivity contribution in [2.75, 3.05) is 45.7 Å². The normalized spacial score (nSPS) is 17.0. The first-order valence-corrected chi connectivity index (χ1v) is 9.33. The summed E-state index contributed by atoms with van der Waals surface area (Å²) in [5.74, 6) is 1.39. The lowest BCUT2D eigenvalue weighted by molar-refractivity contribution is -0.116. The van der Waals surface area contributed by atoms with Crippen LogP contribution < -0.4 is 10.6 Å². The first kappa shape index (κ1) is 23.2. The fraction of sp³-hybridized carbons (Fsp3) is 0.556. The number of rotatable bonds is 6. The molecule has 0 radical (unpaired) electrons. The highest BCUT2D eigenvalue weighted by Gasteiger charge is 2.24. The molecular formula is C18H28BrIN4O2. The molecule has 1 unspecified atom stereocenters. The largest absolute Gasteiger partial charge is 0.384 e. The number of hydrogen-bond donors (Lipinski definition) is 2. The lowest BCUT2D eigenvalue weighted by Gasteiger charge is -2.21. The highest BCUT2D eigenvalue weighted by atomic mass is 127. The Morgan fingerprint density at radius 3 is 2.88 bits per heavy atom. The molecule has 26 heavy (non-hydrogen) atoms. The Bertz CT molecular complexity index is 627. The zero-order chi connectivity index (χ0) is 18.2. The molecule has 0 saturated carbocycles. The SMILES string of the molecule is CN=C(NCCC(=O)Nc1ccc(Br)cc1C)N1CCC(COC)C1.I. The number of methoxy groups -OCH3 is 1. The summed E-state index contributed by atoms with van der Waals surface area (Å²) >= 11 is 3.43. The summed E-state index contributed by atoms with van der Waals surface area (Å²) in [6.07, 6.45) is 1.50. The third-order valence-electron chi connectivity index (χ3n) is 4.30. The third kappa shape index (κ3) is 7.03. The van der Waals surface area contributed by atoms with E-state index in [9.17, 15) is 4.79 Å². The second kappa shape index (κ2) is 11.8. The Kier molecular flexibility index (Phi) is 10.5. The maximum Gasteiger partial charge on any atom is 0.226 e. The van der Waals surface area contributed by atoms with Gasteiger partial charge in [-0.25, -0.2) is 0 Å². The molecule has 0 aromatic heterocycles. The first-order chi connectivity index (χ1) is 12.0. The zero-order valence-electron chi connectivity index (χ0n) is 15.5. The number of hydrogen-bond acceptors (Lipinski definition) is 3. The lowest BCUT2D eigenvalue weighted by atomic mass is 10.1. The molecule has 0 aliphatic carbocycles. The number of ether oxygens (including phenoxy) is 1. The second-order valence-electron chi connectivity index (χ2n) is 6.29. The molecule has 6 nitrogen and oxygen atoms in total. The number of amides is 1. The van der Waals surface area contributed by atoms with Gasteiger partial charge in [-0.05, 0) is 37.1 Å². The Hall–Kier alpha value is -0.870.